The summed E-state index contributed by atoms with van der Waals surface area (Å²) in [5.74, 6) is -0.701. The highest BCUT2D eigenvalue weighted by atomic mass is 32.2. The fourth-order valence-corrected chi connectivity index (χ4v) is 3.79. The molecule has 3 rings (SSSR count). The molecule has 0 aromatic heterocycles. The minimum Gasteiger partial charge on any atom is -0.457 e. The van der Waals surface area contributed by atoms with Crippen molar-refractivity contribution in [3.8, 4) is 11.5 Å². The van der Waals surface area contributed by atoms with Gasteiger partial charge >= 0.3 is 5.97 Å². The molecule has 1 aliphatic rings. The minimum atomic E-state index is -3.68. The number of halogens is 1. The van der Waals surface area contributed by atoms with Crippen LogP contribution in [0.2, 0.25) is 0 Å². The van der Waals surface area contributed by atoms with Crippen LogP contribution in [-0.4, -0.2) is 39.1 Å². The van der Waals surface area contributed by atoms with E-state index >= 15 is 0 Å². The smallest absolute Gasteiger partial charge is 0.339 e. The second-order valence-electron chi connectivity index (χ2n) is 7.10. The van der Waals surface area contributed by atoms with Gasteiger partial charge in [0.05, 0.1) is 18.5 Å². The summed E-state index contributed by atoms with van der Waals surface area (Å²) in [5.41, 5.74) is 0.904. The number of alkyl halides is 1. The van der Waals surface area contributed by atoms with Crippen LogP contribution < -0.4 is 9.04 Å². The van der Waals surface area contributed by atoms with Gasteiger partial charge in [0, 0.05) is 13.8 Å². The minimum absolute atomic E-state index is 0.202. The fraction of sp³-hybridized carbons (Fsp3) is 0.350. The van der Waals surface area contributed by atoms with Gasteiger partial charge in [-0.2, -0.15) is 0 Å². The van der Waals surface area contributed by atoms with E-state index in [4.69, 9.17) is 14.2 Å². The first-order valence-corrected chi connectivity index (χ1v) is 10.7. The Morgan fingerprint density at radius 1 is 1.07 bits per heavy atom. The molecule has 2 aromatic carbocycles. The largest absolute Gasteiger partial charge is 0.457 e. The number of esters is 1. The molecule has 156 valence electrons. The van der Waals surface area contributed by atoms with Gasteiger partial charge in [-0.3, -0.25) is 4.31 Å². The van der Waals surface area contributed by atoms with Crippen LogP contribution in [0.25, 0.3) is 0 Å². The monoisotopic (exact) mass is 423 g/mol. The highest BCUT2D eigenvalue weighted by Gasteiger charge is 2.42. The molecule has 0 radical (unpaired) electrons. The summed E-state index contributed by atoms with van der Waals surface area (Å²) in [5, 5.41) is 0. The van der Waals surface area contributed by atoms with Gasteiger partial charge in [-0.05, 0) is 42.0 Å². The van der Waals surface area contributed by atoms with Crippen molar-refractivity contribution in [2.24, 2.45) is 0 Å². The zero-order valence-corrected chi connectivity index (χ0v) is 17.1. The molecule has 1 atom stereocenters. The maximum Gasteiger partial charge on any atom is 0.339 e. The lowest BCUT2D eigenvalue weighted by Gasteiger charge is -2.24. The van der Waals surface area contributed by atoms with Crippen LogP contribution in [0.4, 0.5) is 10.1 Å². The van der Waals surface area contributed by atoms with Crippen LogP contribution >= 0.6 is 0 Å². The first-order valence-electron chi connectivity index (χ1n) is 8.88. The number of hydrogen-bond donors (Lipinski definition) is 0. The number of carbonyl (C=O) groups is 1. The number of sulfonamides is 1. The molecule has 0 N–H and O–H groups in total. The van der Waals surface area contributed by atoms with Crippen molar-refractivity contribution in [1.29, 1.82) is 0 Å². The molecule has 1 aliphatic heterocycles. The molecule has 1 fully saturated rings. The molecular formula is C20H22FNO6S. The lowest BCUT2D eigenvalue weighted by atomic mass is 10.2. The van der Waals surface area contributed by atoms with Gasteiger partial charge in [-0.1, -0.05) is 12.1 Å². The zero-order chi connectivity index (χ0) is 21.2. The Morgan fingerprint density at radius 2 is 1.62 bits per heavy atom. The van der Waals surface area contributed by atoms with Crippen LogP contribution in [0, 0.1) is 0 Å². The standard InChI is InChI=1S/C20H22FNO6S/c1-20(2)27-18(19(23)28-20)13-22(29(3,24)25)15-6-10-17(11-7-15)26-16-8-4-14(12-21)5-9-16/h4-11,18H,12-13H2,1-3H3/t18-/m0/s1. The lowest BCUT2D eigenvalue weighted by Crippen LogP contribution is -2.39. The van der Waals surface area contributed by atoms with Gasteiger partial charge in [0.2, 0.25) is 15.8 Å². The number of rotatable bonds is 7. The van der Waals surface area contributed by atoms with Gasteiger partial charge in [0.1, 0.15) is 18.2 Å². The van der Waals surface area contributed by atoms with Gasteiger partial charge in [0.25, 0.3) is 0 Å². The van der Waals surface area contributed by atoms with Crippen LogP contribution in [0.3, 0.4) is 0 Å². The molecule has 0 unspecified atom stereocenters. The normalized spacial score (nSPS) is 18.3. The number of hydrogen-bond acceptors (Lipinski definition) is 6. The van der Waals surface area contributed by atoms with Crippen molar-refractivity contribution in [2.75, 3.05) is 17.1 Å². The van der Waals surface area contributed by atoms with E-state index < -0.39 is 34.6 Å². The average molecular weight is 423 g/mol. The molecule has 0 bridgehead atoms. The highest BCUT2D eigenvalue weighted by molar-refractivity contribution is 7.92. The highest BCUT2D eigenvalue weighted by Crippen LogP contribution is 2.29. The van der Waals surface area contributed by atoms with E-state index in [1.54, 1.807) is 62.4 Å². The summed E-state index contributed by atoms with van der Waals surface area (Å²) in [6, 6.07) is 12.9. The van der Waals surface area contributed by atoms with E-state index in [2.05, 4.69) is 0 Å². The molecule has 0 saturated carbocycles. The quantitative estimate of drug-likeness (QED) is 0.635. The van der Waals surface area contributed by atoms with Crippen molar-refractivity contribution >= 4 is 21.7 Å². The Bertz CT molecular complexity index is 973. The molecule has 2 aromatic rings. The number of carbonyl (C=O) groups excluding carboxylic acids is 1. The maximum absolute atomic E-state index is 12.6. The van der Waals surface area contributed by atoms with Crippen LogP contribution in [-0.2, 0) is 31.0 Å². The van der Waals surface area contributed by atoms with Crippen molar-refractivity contribution in [1.82, 2.24) is 0 Å². The van der Waals surface area contributed by atoms with Crippen molar-refractivity contribution < 1.29 is 31.8 Å². The summed E-state index contributed by atoms with van der Waals surface area (Å²) in [6.07, 6.45) is 0.0274. The number of anilines is 1. The Kier molecular flexibility index (Phi) is 5.81. The van der Waals surface area contributed by atoms with E-state index in [-0.39, 0.29) is 6.54 Å². The molecule has 0 aliphatic carbocycles. The maximum atomic E-state index is 12.6. The van der Waals surface area contributed by atoms with Crippen LogP contribution in [0.15, 0.2) is 48.5 Å². The van der Waals surface area contributed by atoms with Crippen molar-refractivity contribution in [2.45, 2.75) is 32.4 Å². The van der Waals surface area contributed by atoms with Gasteiger partial charge < -0.3 is 14.2 Å². The molecular weight excluding hydrogens is 401 g/mol. The molecule has 0 amide bonds. The summed E-state index contributed by atoms with van der Waals surface area (Å²) < 4.78 is 54.5. The molecule has 1 saturated heterocycles. The summed E-state index contributed by atoms with van der Waals surface area (Å²) >= 11 is 0. The Balaban J connectivity index is 1.76. The number of benzene rings is 2. The predicted octanol–water partition coefficient (Wildman–Crippen LogP) is 3.39. The van der Waals surface area contributed by atoms with Gasteiger partial charge in [-0.25, -0.2) is 17.6 Å². The second-order valence-corrected chi connectivity index (χ2v) is 9.00. The van der Waals surface area contributed by atoms with Crippen LogP contribution in [0.1, 0.15) is 19.4 Å². The second kappa shape index (κ2) is 8.00. The molecule has 1 heterocycles. The molecule has 29 heavy (non-hydrogen) atoms. The third-order valence-electron chi connectivity index (χ3n) is 4.21. The molecule has 0 spiro atoms. The van der Waals surface area contributed by atoms with Gasteiger partial charge in [-0.15, -0.1) is 0 Å². The number of nitrogens with zero attached hydrogens (tertiary/aromatic N) is 1. The molecule has 9 heteroatoms. The first-order chi connectivity index (χ1) is 13.6. The lowest BCUT2D eigenvalue weighted by molar-refractivity contribution is -0.160. The Morgan fingerprint density at radius 3 is 2.07 bits per heavy atom. The number of cyclic esters (lactones) is 1. The van der Waals surface area contributed by atoms with E-state index in [1.807, 2.05) is 0 Å². The summed E-state index contributed by atoms with van der Waals surface area (Å²) in [6.45, 7) is 2.42. The SMILES string of the molecule is CC1(C)OC(=O)[C@H](CN(c2ccc(Oc3ccc(CF)cc3)cc2)S(C)(=O)=O)O1. The van der Waals surface area contributed by atoms with Crippen molar-refractivity contribution in [3.63, 3.8) is 0 Å². The van der Waals surface area contributed by atoms with Gasteiger partial charge in [0.15, 0.2) is 6.10 Å². The van der Waals surface area contributed by atoms with E-state index in [1.165, 1.54) is 0 Å². The Labute approximate surface area is 169 Å². The fourth-order valence-electron chi connectivity index (χ4n) is 2.88. The third kappa shape index (κ3) is 5.24. The number of ether oxygens (including phenoxy) is 3. The predicted molar refractivity (Wildman–Crippen MR) is 105 cm³/mol. The summed E-state index contributed by atoms with van der Waals surface area (Å²) in [7, 11) is -3.68. The zero-order valence-electron chi connectivity index (χ0n) is 16.3. The average Bonchev–Trinajstić information content (AvgIpc) is 2.92. The molecule has 7 nitrogen and oxygen atoms in total. The van der Waals surface area contributed by atoms with Crippen LogP contribution in [0.5, 0.6) is 11.5 Å². The first kappa shape index (κ1) is 21.1. The van der Waals surface area contributed by atoms with E-state index in [0.29, 0.717) is 22.7 Å². The topological polar surface area (TPSA) is 82.1 Å². The Hall–Kier alpha value is -2.65. The summed E-state index contributed by atoms with van der Waals surface area (Å²) in [4.78, 5) is 12.0. The van der Waals surface area contributed by atoms with Crippen molar-refractivity contribution in [3.05, 3.63) is 54.1 Å². The third-order valence-corrected chi connectivity index (χ3v) is 5.37. The van der Waals surface area contributed by atoms with E-state index in [0.717, 1.165) is 10.6 Å². The van der Waals surface area contributed by atoms with E-state index in [9.17, 15) is 17.6 Å².